The minimum atomic E-state index is -3.53. The molecule has 6 nitrogen and oxygen atoms in total. The van der Waals surface area contributed by atoms with Crippen molar-refractivity contribution in [3.05, 3.63) is 47.9 Å². The Labute approximate surface area is 112 Å². The van der Waals surface area contributed by atoms with Gasteiger partial charge in [-0.2, -0.15) is 4.31 Å². The van der Waals surface area contributed by atoms with Gasteiger partial charge >= 0.3 is 0 Å². The Kier molecular flexibility index (Phi) is 3.98. The third-order valence-corrected chi connectivity index (χ3v) is 4.52. The van der Waals surface area contributed by atoms with Crippen molar-refractivity contribution in [2.45, 2.75) is 18.1 Å². The average molecular weight is 280 g/mol. The van der Waals surface area contributed by atoms with Crippen LogP contribution < -0.4 is 5.73 Å². The molecule has 0 fully saturated rings. The van der Waals surface area contributed by atoms with E-state index in [4.69, 9.17) is 5.73 Å². The van der Waals surface area contributed by atoms with Crippen LogP contribution in [0.15, 0.2) is 41.8 Å². The van der Waals surface area contributed by atoms with Crippen molar-refractivity contribution in [3.63, 3.8) is 0 Å². The van der Waals surface area contributed by atoms with E-state index in [9.17, 15) is 8.42 Å². The first-order valence-electron chi connectivity index (χ1n) is 5.76. The van der Waals surface area contributed by atoms with Gasteiger partial charge < -0.3 is 10.7 Å². The van der Waals surface area contributed by atoms with Gasteiger partial charge in [-0.25, -0.2) is 13.4 Å². The Morgan fingerprint density at radius 1 is 1.37 bits per heavy atom. The predicted molar refractivity (Wildman–Crippen MR) is 71.6 cm³/mol. The van der Waals surface area contributed by atoms with E-state index in [1.807, 2.05) is 24.3 Å². The van der Waals surface area contributed by atoms with Gasteiger partial charge in [0.05, 0.1) is 12.5 Å². The average Bonchev–Trinajstić information content (AvgIpc) is 2.93. The zero-order valence-corrected chi connectivity index (χ0v) is 11.4. The van der Waals surface area contributed by atoms with Crippen LogP contribution in [0.3, 0.4) is 0 Å². The van der Waals surface area contributed by atoms with Crippen LogP contribution in [0, 0.1) is 0 Å². The van der Waals surface area contributed by atoms with Crippen molar-refractivity contribution in [1.82, 2.24) is 14.3 Å². The molecule has 0 bridgehead atoms. The molecule has 3 N–H and O–H groups in total. The topological polar surface area (TPSA) is 92.1 Å². The maximum absolute atomic E-state index is 12.2. The third-order valence-electron chi connectivity index (χ3n) is 2.79. The summed E-state index contributed by atoms with van der Waals surface area (Å²) in [5, 5.41) is 0.0879. The Morgan fingerprint density at radius 3 is 2.74 bits per heavy atom. The molecule has 0 atom stereocenters. The molecule has 2 rings (SSSR count). The van der Waals surface area contributed by atoms with Gasteiger partial charge in [-0.1, -0.05) is 24.3 Å². The van der Waals surface area contributed by atoms with Crippen LogP contribution in [0.1, 0.15) is 11.1 Å². The lowest BCUT2D eigenvalue weighted by atomic mass is 10.1. The Hall–Kier alpha value is -1.70. The molecular formula is C12H16N4O2S. The van der Waals surface area contributed by atoms with Crippen molar-refractivity contribution in [2.24, 2.45) is 5.73 Å². The highest BCUT2D eigenvalue weighted by molar-refractivity contribution is 7.89. The van der Waals surface area contributed by atoms with E-state index >= 15 is 0 Å². The molecule has 7 heteroatoms. The molecule has 1 heterocycles. The Bertz CT molecular complexity index is 638. The molecule has 0 amide bonds. The fraction of sp³-hybridized carbons (Fsp3) is 0.250. The summed E-state index contributed by atoms with van der Waals surface area (Å²) < 4.78 is 25.6. The number of aromatic nitrogens is 2. The maximum Gasteiger partial charge on any atom is 0.260 e. The normalized spacial score (nSPS) is 11.9. The lowest BCUT2D eigenvalue weighted by Gasteiger charge is -2.16. The molecule has 0 spiro atoms. The second-order valence-electron chi connectivity index (χ2n) is 4.20. The lowest BCUT2D eigenvalue weighted by Crippen LogP contribution is -2.26. The standard InChI is InChI=1S/C12H16N4O2S/c1-16(19(17,18)12-7-14-9-15-12)8-11-4-2-3-10(5-11)6-13/h2-5,7,9H,6,8,13H2,1H3,(H,14,15). The van der Waals surface area contributed by atoms with Crippen LogP contribution in [0.25, 0.3) is 0 Å². The van der Waals surface area contributed by atoms with Crippen LogP contribution in [0.2, 0.25) is 0 Å². The maximum atomic E-state index is 12.2. The van der Waals surface area contributed by atoms with Crippen molar-refractivity contribution >= 4 is 10.0 Å². The number of rotatable bonds is 5. The van der Waals surface area contributed by atoms with Gasteiger partial charge in [0.25, 0.3) is 10.0 Å². The molecule has 102 valence electrons. The smallest absolute Gasteiger partial charge is 0.260 e. The summed E-state index contributed by atoms with van der Waals surface area (Å²) in [4.78, 5) is 6.33. The first-order chi connectivity index (χ1) is 9.04. The molecule has 1 aromatic carbocycles. The van der Waals surface area contributed by atoms with Crippen LogP contribution >= 0.6 is 0 Å². The number of aromatic amines is 1. The summed E-state index contributed by atoms with van der Waals surface area (Å²) >= 11 is 0. The van der Waals surface area contributed by atoms with Crippen LogP contribution in [0.4, 0.5) is 0 Å². The first-order valence-corrected chi connectivity index (χ1v) is 7.20. The van der Waals surface area contributed by atoms with Gasteiger partial charge in [-0.05, 0) is 11.1 Å². The number of H-pyrrole nitrogens is 1. The van der Waals surface area contributed by atoms with E-state index in [0.29, 0.717) is 6.54 Å². The second-order valence-corrected chi connectivity index (χ2v) is 6.21. The van der Waals surface area contributed by atoms with Crippen LogP contribution in [-0.4, -0.2) is 29.7 Å². The van der Waals surface area contributed by atoms with Crippen molar-refractivity contribution in [3.8, 4) is 0 Å². The number of benzene rings is 1. The van der Waals surface area contributed by atoms with E-state index < -0.39 is 10.0 Å². The molecule has 0 saturated heterocycles. The SMILES string of the molecule is CN(Cc1cccc(CN)c1)S(=O)(=O)c1cnc[nH]1. The fourth-order valence-corrected chi connectivity index (χ4v) is 2.80. The summed E-state index contributed by atoms with van der Waals surface area (Å²) in [7, 11) is -2.00. The van der Waals surface area contributed by atoms with E-state index in [1.54, 1.807) is 0 Å². The molecular weight excluding hydrogens is 264 g/mol. The van der Waals surface area contributed by atoms with E-state index in [0.717, 1.165) is 11.1 Å². The highest BCUT2D eigenvalue weighted by atomic mass is 32.2. The number of nitrogens with zero attached hydrogens (tertiary/aromatic N) is 2. The molecule has 0 aliphatic rings. The largest absolute Gasteiger partial charge is 0.335 e. The fourth-order valence-electron chi connectivity index (χ4n) is 1.75. The monoisotopic (exact) mass is 280 g/mol. The van der Waals surface area contributed by atoms with E-state index in [1.165, 1.54) is 23.9 Å². The number of hydrogen-bond donors (Lipinski definition) is 2. The number of nitrogens with two attached hydrogens (primary N) is 1. The number of sulfonamides is 1. The summed E-state index contributed by atoms with van der Waals surface area (Å²) in [6, 6.07) is 7.55. The van der Waals surface area contributed by atoms with Gasteiger partial charge in [0, 0.05) is 20.1 Å². The minimum absolute atomic E-state index is 0.0879. The highest BCUT2D eigenvalue weighted by Gasteiger charge is 2.22. The zero-order valence-electron chi connectivity index (χ0n) is 10.6. The number of nitrogens with one attached hydrogen (secondary N) is 1. The molecule has 0 aliphatic heterocycles. The second kappa shape index (κ2) is 5.52. The van der Waals surface area contributed by atoms with Gasteiger partial charge in [0.15, 0.2) is 5.03 Å². The van der Waals surface area contributed by atoms with Crippen molar-refractivity contribution in [2.75, 3.05) is 7.05 Å². The predicted octanol–water partition coefficient (Wildman–Crippen LogP) is 0.689. The van der Waals surface area contributed by atoms with Crippen molar-refractivity contribution in [1.29, 1.82) is 0 Å². The van der Waals surface area contributed by atoms with Gasteiger partial charge in [0.1, 0.15) is 0 Å². The Balaban J connectivity index is 2.19. The summed E-state index contributed by atoms with van der Waals surface area (Å²) in [5.41, 5.74) is 7.44. The molecule has 0 unspecified atom stereocenters. The van der Waals surface area contributed by atoms with Crippen LogP contribution in [-0.2, 0) is 23.1 Å². The Morgan fingerprint density at radius 2 is 2.11 bits per heavy atom. The highest BCUT2D eigenvalue weighted by Crippen LogP contribution is 2.14. The van der Waals surface area contributed by atoms with Gasteiger partial charge in [-0.3, -0.25) is 0 Å². The minimum Gasteiger partial charge on any atom is -0.335 e. The molecule has 2 aromatic rings. The van der Waals surface area contributed by atoms with Gasteiger partial charge in [0.2, 0.25) is 0 Å². The van der Waals surface area contributed by atoms with E-state index in [2.05, 4.69) is 9.97 Å². The van der Waals surface area contributed by atoms with Gasteiger partial charge in [-0.15, -0.1) is 0 Å². The molecule has 0 aliphatic carbocycles. The number of hydrogen-bond acceptors (Lipinski definition) is 4. The third kappa shape index (κ3) is 3.01. The summed E-state index contributed by atoms with van der Waals surface area (Å²) in [5.74, 6) is 0. The quantitative estimate of drug-likeness (QED) is 0.842. The molecule has 1 aromatic heterocycles. The summed E-state index contributed by atoms with van der Waals surface area (Å²) in [6.07, 6.45) is 2.64. The van der Waals surface area contributed by atoms with Crippen molar-refractivity contribution < 1.29 is 8.42 Å². The van der Waals surface area contributed by atoms with E-state index in [-0.39, 0.29) is 11.6 Å². The molecule has 0 saturated carbocycles. The van der Waals surface area contributed by atoms with Crippen LogP contribution in [0.5, 0.6) is 0 Å². The summed E-state index contributed by atoms with van der Waals surface area (Å²) in [6.45, 7) is 0.722. The molecule has 19 heavy (non-hydrogen) atoms. The number of imidazole rings is 1. The first kappa shape index (κ1) is 13.7. The zero-order chi connectivity index (χ0) is 13.9. The molecule has 0 radical (unpaired) electrons. The lowest BCUT2D eigenvalue weighted by molar-refractivity contribution is 0.464.